The molecule has 0 aliphatic carbocycles. The van der Waals surface area contributed by atoms with Crippen LogP contribution in [0.25, 0.3) is 0 Å². The number of benzene rings is 4. The first-order chi connectivity index (χ1) is 18.7. The van der Waals surface area contributed by atoms with Gasteiger partial charge in [-0.3, -0.25) is 9.79 Å². The van der Waals surface area contributed by atoms with Gasteiger partial charge in [-0.15, -0.1) is 0 Å². The van der Waals surface area contributed by atoms with E-state index in [2.05, 4.69) is 0 Å². The molecule has 4 rings (SSSR count). The monoisotopic (exact) mass is 537 g/mol. The molecule has 0 bridgehead atoms. The Labute approximate surface area is 235 Å². The zero-order valence-electron chi connectivity index (χ0n) is 22.4. The number of hydrogen-bond acceptors (Lipinski definition) is 4. The van der Waals surface area contributed by atoms with Crippen molar-refractivity contribution >= 4 is 29.1 Å². The van der Waals surface area contributed by atoms with Crippen molar-refractivity contribution in [2.24, 2.45) is 4.99 Å². The fraction of sp³-hybridized carbons (Fsp3) is 0.206. The van der Waals surface area contributed by atoms with E-state index in [9.17, 15) is 9.59 Å². The maximum Gasteiger partial charge on any atom is 0.332 e. The average molecular weight is 538 g/mol. The average Bonchev–Trinajstić information content (AvgIpc) is 2.93. The molecular weight excluding hydrogens is 506 g/mol. The highest BCUT2D eigenvalue weighted by atomic mass is 35.5. The van der Waals surface area contributed by atoms with Crippen LogP contribution in [-0.4, -0.2) is 29.1 Å². The van der Waals surface area contributed by atoms with Crippen LogP contribution in [0.5, 0.6) is 0 Å². The number of esters is 1. The van der Waals surface area contributed by atoms with Gasteiger partial charge >= 0.3 is 5.97 Å². The number of nitrogens with zero attached hydrogens (tertiary/aromatic N) is 1. The van der Waals surface area contributed by atoms with E-state index in [0.29, 0.717) is 16.3 Å². The lowest BCUT2D eigenvalue weighted by molar-refractivity contribution is -0.156. The summed E-state index contributed by atoms with van der Waals surface area (Å²) < 4.78 is 5.90. The number of ether oxygens (including phenoxy) is 1. The highest BCUT2D eigenvalue weighted by Crippen LogP contribution is 2.31. The van der Waals surface area contributed by atoms with Crippen molar-refractivity contribution in [1.29, 1.82) is 0 Å². The van der Waals surface area contributed by atoms with Crippen molar-refractivity contribution in [3.05, 3.63) is 143 Å². The van der Waals surface area contributed by atoms with Gasteiger partial charge in [-0.25, -0.2) is 4.79 Å². The Morgan fingerprint density at radius 2 is 1.18 bits per heavy atom. The van der Waals surface area contributed by atoms with Crippen molar-refractivity contribution in [3.8, 4) is 0 Å². The van der Waals surface area contributed by atoms with Gasteiger partial charge in [-0.2, -0.15) is 0 Å². The van der Waals surface area contributed by atoms with Gasteiger partial charge in [-0.05, 0) is 38.5 Å². The van der Waals surface area contributed by atoms with Gasteiger partial charge < -0.3 is 4.74 Å². The van der Waals surface area contributed by atoms with Crippen molar-refractivity contribution in [2.75, 3.05) is 0 Å². The molecule has 0 saturated carbocycles. The number of hydrogen-bond donors (Lipinski definition) is 0. The minimum atomic E-state index is -0.992. The van der Waals surface area contributed by atoms with Crippen LogP contribution in [0.4, 0.5) is 0 Å². The molecule has 0 aromatic heterocycles. The van der Waals surface area contributed by atoms with Gasteiger partial charge in [0, 0.05) is 34.1 Å². The Hall–Kier alpha value is -4.02. The molecule has 0 N–H and O–H groups in total. The molecule has 0 aliphatic heterocycles. The van der Waals surface area contributed by atoms with Crippen LogP contribution >= 0.6 is 11.6 Å². The van der Waals surface area contributed by atoms with E-state index in [0.717, 1.165) is 16.7 Å². The Balaban J connectivity index is 1.89. The number of halogens is 1. The molecule has 0 radical (unpaired) electrons. The Morgan fingerprint density at radius 3 is 1.64 bits per heavy atom. The van der Waals surface area contributed by atoms with E-state index in [1.54, 1.807) is 24.3 Å². The maximum atomic E-state index is 13.9. The summed E-state index contributed by atoms with van der Waals surface area (Å²) in [6, 6.07) is 34.8. The lowest BCUT2D eigenvalue weighted by atomic mass is 9.85. The summed E-state index contributed by atoms with van der Waals surface area (Å²) in [4.78, 5) is 32.5. The second kappa shape index (κ2) is 12.7. The minimum Gasteiger partial charge on any atom is -0.458 e. The van der Waals surface area contributed by atoms with E-state index in [4.69, 9.17) is 21.3 Å². The summed E-state index contributed by atoms with van der Waals surface area (Å²) in [5.74, 6) is -1.17. The summed E-state index contributed by atoms with van der Waals surface area (Å²) >= 11 is 6.21. The van der Waals surface area contributed by atoms with Crippen LogP contribution in [-0.2, 0) is 9.53 Å². The highest BCUT2D eigenvalue weighted by Gasteiger charge is 2.35. The van der Waals surface area contributed by atoms with Gasteiger partial charge in [-0.1, -0.05) is 115 Å². The molecule has 39 heavy (non-hydrogen) atoms. The quantitative estimate of drug-likeness (QED) is 0.124. The molecular formula is C34H32ClNO3. The summed E-state index contributed by atoms with van der Waals surface area (Å²) in [6.45, 7) is 5.48. The van der Waals surface area contributed by atoms with Crippen LogP contribution in [0, 0.1) is 0 Å². The molecule has 0 fully saturated rings. The molecule has 2 atom stereocenters. The number of rotatable bonds is 9. The van der Waals surface area contributed by atoms with Gasteiger partial charge in [0.1, 0.15) is 5.60 Å². The standard InChI is InChI=1S/C34H32ClNO3/c1-34(2,3)39-33(38)32(36-31(26-15-9-5-10-16-26)27-17-11-6-12-18-27)29(24-19-21-28(35)22-20-24)23-30(37)25-13-7-4-8-14-25/h4-22,29,32H,23H2,1-3H3/t29-,32+/m0/s1. The van der Waals surface area contributed by atoms with Crippen molar-refractivity contribution in [1.82, 2.24) is 0 Å². The lowest BCUT2D eigenvalue weighted by Crippen LogP contribution is -2.36. The zero-order valence-corrected chi connectivity index (χ0v) is 23.1. The topological polar surface area (TPSA) is 55.7 Å². The summed E-state index contributed by atoms with van der Waals surface area (Å²) in [7, 11) is 0. The van der Waals surface area contributed by atoms with E-state index in [-0.39, 0.29) is 12.2 Å². The summed E-state index contributed by atoms with van der Waals surface area (Å²) in [5, 5.41) is 0.568. The van der Waals surface area contributed by atoms with E-state index in [1.165, 1.54) is 0 Å². The first-order valence-electron chi connectivity index (χ1n) is 13.0. The third-order valence-corrected chi connectivity index (χ3v) is 6.44. The Kier molecular flexibility index (Phi) is 9.11. The van der Waals surface area contributed by atoms with E-state index in [1.807, 2.05) is 112 Å². The van der Waals surface area contributed by atoms with Crippen LogP contribution in [0.3, 0.4) is 0 Å². The molecule has 4 nitrogen and oxygen atoms in total. The number of ketones is 1. The van der Waals surface area contributed by atoms with Crippen LogP contribution in [0.15, 0.2) is 120 Å². The highest BCUT2D eigenvalue weighted by molar-refractivity contribution is 6.30. The maximum absolute atomic E-state index is 13.9. The molecule has 0 saturated heterocycles. The largest absolute Gasteiger partial charge is 0.458 e. The molecule has 0 amide bonds. The molecule has 0 aliphatic rings. The molecule has 0 heterocycles. The van der Waals surface area contributed by atoms with Gasteiger partial charge in [0.2, 0.25) is 0 Å². The summed E-state index contributed by atoms with van der Waals surface area (Å²) in [5.41, 5.74) is 3.00. The molecule has 198 valence electrons. The molecule has 4 aromatic rings. The third-order valence-electron chi connectivity index (χ3n) is 6.19. The minimum absolute atomic E-state index is 0.0654. The Bertz CT molecular complexity index is 1370. The normalized spacial score (nSPS) is 12.7. The summed E-state index contributed by atoms with van der Waals surface area (Å²) in [6.07, 6.45) is 0.0654. The van der Waals surface area contributed by atoms with Gasteiger partial charge in [0.15, 0.2) is 11.8 Å². The molecule has 4 aromatic carbocycles. The lowest BCUT2D eigenvalue weighted by Gasteiger charge is -2.28. The van der Waals surface area contributed by atoms with Crippen molar-refractivity contribution in [2.45, 2.75) is 44.8 Å². The van der Waals surface area contributed by atoms with Gasteiger partial charge in [0.05, 0.1) is 5.71 Å². The predicted octanol–water partition coefficient (Wildman–Crippen LogP) is 7.94. The first-order valence-corrected chi connectivity index (χ1v) is 13.3. The molecule has 0 spiro atoms. The first kappa shape index (κ1) is 28.0. The number of aliphatic imine (C=N–C) groups is 1. The fourth-order valence-electron chi connectivity index (χ4n) is 4.38. The van der Waals surface area contributed by atoms with E-state index >= 15 is 0 Å². The smallest absolute Gasteiger partial charge is 0.332 e. The number of carbonyl (C=O) groups excluding carboxylic acids is 2. The van der Waals surface area contributed by atoms with Crippen LogP contribution < -0.4 is 0 Å². The number of Topliss-reactive ketones (excluding diaryl/α,β-unsaturated/α-hetero) is 1. The molecule has 5 heteroatoms. The van der Waals surface area contributed by atoms with Gasteiger partial charge in [0.25, 0.3) is 0 Å². The van der Waals surface area contributed by atoms with Crippen LogP contribution in [0.2, 0.25) is 5.02 Å². The molecule has 0 unspecified atom stereocenters. The SMILES string of the molecule is CC(C)(C)OC(=O)[C@H](N=C(c1ccccc1)c1ccccc1)[C@@H](CC(=O)c1ccccc1)c1ccc(Cl)cc1. The zero-order chi connectivity index (χ0) is 27.8. The second-order valence-electron chi connectivity index (χ2n) is 10.3. The number of carbonyl (C=O) groups is 2. The predicted molar refractivity (Wildman–Crippen MR) is 158 cm³/mol. The van der Waals surface area contributed by atoms with E-state index < -0.39 is 23.5 Å². The van der Waals surface area contributed by atoms with Crippen molar-refractivity contribution < 1.29 is 14.3 Å². The fourth-order valence-corrected chi connectivity index (χ4v) is 4.51. The van der Waals surface area contributed by atoms with Crippen LogP contribution in [0.1, 0.15) is 60.2 Å². The Morgan fingerprint density at radius 1 is 0.718 bits per heavy atom. The third kappa shape index (κ3) is 7.75. The van der Waals surface area contributed by atoms with Crippen molar-refractivity contribution in [3.63, 3.8) is 0 Å². The second-order valence-corrected chi connectivity index (χ2v) is 10.8.